The van der Waals surface area contributed by atoms with Gasteiger partial charge in [0.25, 0.3) is 0 Å². The van der Waals surface area contributed by atoms with E-state index in [4.69, 9.17) is 5.73 Å². The summed E-state index contributed by atoms with van der Waals surface area (Å²) >= 11 is 0. The van der Waals surface area contributed by atoms with Gasteiger partial charge in [0.1, 0.15) is 5.82 Å². The van der Waals surface area contributed by atoms with Crippen molar-refractivity contribution in [3.05, 3.63) is 24.4 Å². The number of hydrogen-bond donors (Lipinski definition) is 1. The van der Waals surface area contributed by atoms with Crippen LogP contribution in [0.3, 0.4) is 0 Å². The fourth-order valence-corrected chi connectivity index (χ4v) is 0.376. The van der Waals surface area contributed by atoms with Crippen LogP contribution >= 0.6 is 0 Å². The van der Waals surface area contributed by atoms with E-state index < -0.39 is 0 Å². The van der Waals surface area contributed by atoms with Crippen LogP contribution in [0, 0.1) is 0 Å². The molecule has 1 aromatic heterocycles. The maximum Gasteiger partial charge on any atom is 0.123 e. The summed E-state index contributed by atoms with van der Waals surface area (Å²) in [6.45, 7) is 0. The predicted octanol–water partition coefficient (Wildman–Crippen LogP) is -0.520. The first-order valence-corrected chi connectivity index (χ1v) is 2.06. The quantitative estimate of drug-likeness (QED) is 0.454. The Bertz CT molecular complexity index is 140. The Balaban J connectivity index is 0.000000490. The summed E-state index contributed by atoms with van der Waals surface area (Å²) in [5.41, 5.74) is 5.25. The first-order chi connectivity index (χ1) is 3.39. The Kier molecular flexibility index (Phi) is 2.70. The lowest BCUT2D eigenvalue weighted by Gasteiger charge is -1.82. The Morgan fingerprint density at radius 2 is 2.12 bits per heavy atom. The molecule has 0 radical (unpaired) electrons. The third-order valence-electron chi connectivity index (χ3n) is 0.688. The summed E-state index contributed by atoms with van der Waals surface area (Å²) in [6, 6.07) is 5.43. The second kappa shape index (κ2) is 3.07. The van der Waals surface area contributed by atoms with Crippen molar-refractivity contribution in [1.29, 1.82) is 0 Å². The fraction of sp³-hybridized carbons (Fsp3) is 0. The van der Waals surface area contributed by atoms with Crippen molar-refractivity contribution < 1.29 is 0 Å². The normalized spacial score (nSPS) is 7.50. The Labute approximate surface area is 50.3 Å². The van der Waals surface area contributed by atoms with E-state index in [0.717, 1.165) is 0 Å². The third-order valence-corrected chi connectivity index (χ3v) is 0.688. The molecular formula is C5H9BN2. The molecule has 3 heteroatoms. The number of nitrogens with zero attached hydrogens (tertiary/aromatic N) is 1. The van der Waals surface area contributed by atoms with Crippen LogP contribution in [0.15, 0.2) is 24.4 Å². The monoisotopic (exact) mass is 108 g/mol. The van der Waals surface area contributed by atoms with E-state index in [-0.39, 0.29) is 8.41 Å². The van der Waals surface area contributed by atoms with Gasteiger partial charge in [0.2, 0.25) is 0 Å². The van der Waals surface area contributed by atoms with Crippen molar-refractivity contribution >= 4 is 14.2 Å². The van der Waals surface area contributed by atoms with Crippen molar-refractivity contribution in [2.24, 2.45) is 0 Å². The summed E-state index contributed by atoms with van der Waals surface area (Å²) in [5, 5.41) is 0. The third kappa shape index (κ3) is 1.64. The van der Waals surface area contributed by atoms with E-state index in [1.807, 2.05) is 12.1 Å². The summed E-state index contributed by atoms with van der Waals surface area (Å²) in [5.74, 6) is 0.572. The van der Waals surface area contributed by atoms with Crippen molar-refractivity contribution in [2.75, 3.05) is 5.73 Å². The van der Waals surface area contributed by atoms with Crippen LogP contribution in [0.5, 0.6) is 0 Å². The van der Waals surface area contributed by atoms with Crippen LogP contribution in [-0.4, -0.2) is 13.4 Å². The molecule has 0 saturated heterocycles. The highest BCUT2D eigenvalue weighted by Crippen LogP contribution is 1.89. The predicted molar refractivity (Wildman–Crippen MR) is 38.6 cm³/mol. The van der Waals surface area contributed by atoms with Crippen molar-refractivity contribution in [1.82, 2.24) is 4.98 Å². The molecule has 2 nitrogen and oxygen atoms in total. The lowest BCUT2D eigenvalue weighted by molar-refractivity contribution is 1.34. The van der Waals surface area contributed by atoms with Gasteiger partial charge in [0, 0.05) is 6.20 Å². The minimum atomic E-state index is 0. The molecule has 0 spiro atoms. The maximum absolute atomic E-state index is 5.25. The smallest absolute Gasteiger partial charge is 0.123 e. The largest absolute Gasteiger partial charge is 0.384 e. The molecule has 0 aromatic carbocycles. The number of hydrogen-bond acceptors (Lipinski definition) is 2. The Hall–Kier alpha value is -0.985. The molecular weight excluding hydrogens is 98.9 g/mol. The number of nitrogens with two attached hydrogens (primary N) is 1. The molecule has 0 bridgehead atoms. The molecule has 0 amide bonds. The van der Waals surface area contributed by atoms with E-state index in [0.29, 0.717) is 5.82 Å². The molecule has 8 heavy (non-hydrogen) atoms. The highest BCUT2D eigenvalue weighted by atomic mass is 14.8. The number of rotatable bonds is 0. The van der Waals surface area contributed by atoms with Crippen LogP contribution < -0.4 is 5.73 Å². The van der Waals surface area contributed by atoms with Crippen LogP contribution in [0.2, 0.25) is 0 Å². The minimum Gasteiger partial charge on any atom is -0.384 e. The van der Waals surface area contributed by atoms with Crippen LogP contribution in [0.1, 0.15) is 0 Å². The molecule has 1 rings (SSSR count). The molecule has 0 aliphatic rings. The molecule has 0 fully saturated rings. The first kappa shape index (κ1) is 7.01. The zero-order valence-electron chi connectivity index (χ0n) is 3.83. The minimum absolute atomic E-state index is 0. The number of anilines is 1. The van der Waals surface area contributed by atoms with Crippen molar-refractivity contribution in [3.63, 3.8) is 0 Å². The van der Waals surface area contributed by atoms with E-state index in [1.54, 1.807) is 12.3 Å². The summed E-state index contributed by atoms with van der Waals surface area (Å²) < 4.78 is 0. The van der Waals surface area contributed by atoms with Gasteiger partial charge in [-0.2, -0.15) is 0 Å². The van der Waals surface area contributed by atoms with Gasteiger partial charge >= 0.3 is 0 Å². The second-order valence-corrected chi connectivity index (χ2v) is 1.25. The lowest BCUT2D eigenvalue weighted by atomic mass is 10.5. The van der Waals surface area contributed by atoms with Gasteiger partial charge in [-0.3, -0.25) is 0 Å². The zero-order chi connectivity index (χ0) is 5.11. The number of pyridine rings is 1. The molecule has 42 valence electrons. The van der Waals surface area contributed by atoms with Crippen LogP contribution in [-0.2, 0) is 0 Å². The topological polar surface area (TPSA) is 38.9 Å². The van der Waals surface area contributed by atoms with Gasteiger partial charge in [0.15, 0.2) is 0 Å². The Morgan fingerprint density at radius 1 is 1.38 bits per heavy atom. The summed E-state index contributed by atoms with van der Waals surface area (Å²) in [6.07, 6.45) is 1.66. The SMILES string of the molecule is B.Nc1ccccn1. The molecule has 1 aromatic rings. The second-order valence-electron chi connectivity index (χ2n) is 1.25. The maximum atomic E-state index is 5.25. The van der Waals surface area contributed by atoms with Crippen LogP contribution in [0.4, 0.5) is 5.82 Å². The van der Waals surface area contributed by atoms with Gasteiger partial charge < -0.3 is 5.73 Å². The number of aromatic nitrogens is 1. The standard InChI is InChI=1S/C5H6N2.BH3/c6-5-3-1-2-4-7-5;/h1-4H,(H2,6,7);1H3. The molecule has 0 unspecified atom stereocenters. The van der Waals surface area contributed by atoms with Gasteiger partial charge in [-0.25, -0.2) is 4.98 Å². The van der Waals surface area contributed by atoms with Gasteiger partial charge in [-0.05, 0) is 12.1 Å². The molecule has 2 N–H and O–H groups in total. The fourth-order valence-electron chi connectivity index (χ4n) is 0.376. The highest BCUT2D eigenvalue weighted by Gasteiger charge is 1.73. The number of nitrogen functional groups attached to an aromatic ring is 1. The average Bonchev–Trinajstić information content (AvgIpc) is 1.69. The Morgan fingerprint density at radius 3 is 2.38 bits per heavy atom. The first-order valence-electron chi connectivity index (χ1n) is 2.06. The lowest BCUT2D eigenvalue weighted by Crippen LogP contribution is -1.85. The summed E-state index contributed by atoms with van der Waals surface area (Å²) in [4.78, 5) is 3.76. The van der Waals surface area contributed by atoms with Crippen molar-refractivity contribution in [3.8, 4) is 0 Å². The molecule has 0 saturated carbocycles. The summed E-state index contributed by atoms with van der Waals surface area (Å²) in [7, 11) is 0. The molecule has 0 aliphatic heterocycles. The zero-order valence-corrected chi connectivity index (χ0v) is 3.83. The molecule has 1 heterocycles. The van der Waals surface area contributed by atoms with E-state index >= 15 is 0 Å². The van der Waals surface area contributed by atoms with Crippen LogP contribution in [0.25, 0.3) is 0 Å². The highest BCUT2D eigenvalue weighted by molar-refractivity contribution is 5.75. The van der Waals surface area contributed by atoms with Gasteiger partial charge in [-0.1, -0.05) is 6.07 Å². The molecule has 0 aliphatic carbocycles. The average molecular weight is 108 g/mol. The molecule has 0 atom stereocenters. The van der Waals surface area contributed by atoms with E-state index in [9.17, 15) is 0 Å². The van der Waals surface area contributed by atoms with E-state index in [1.165, 1.54) is 0 Å². The van der Waals surface area contributed by atoms with Gasteiger partial charge in [-0.15, -0.1) is 0 Å². The van der Waals surface area contributed by atoms with Crippen molar-refractivity contribution in [2.45, 2.75) is 0 Å². The van der Waals surface area contributed by atoms with Gasteiger partial charge in [0.05, 0.1) is 8.41 Å². The van der Waals surface area contributed by atoms with E-state index in [2.05, 4.69) is 4.98 Å².